The van der Waals surface area contributed by atoms with E-state index in [9.17, 15) is 9.18 Å². The largest absolute Gasteiger partial charge is 0.360 e. The maximum atomic E-state index is 13.7. The van der Waals surface area contributed by atoms with Crippen LogP contribution < -0.4 is 0 Å². The van der Waals surface area contributed by atoms with Gasteiger partial charge in [0.1, 0.15) is 5.82 Å². The second kappa shape index (κ2) is 6.26. The Kier molecular flexibility index (Phi) is 4.07. The summed E-state index contributed by atoms with van der Waals surface area (Å²) in [5.41, 5.74) is 1.77. The van der Waals surface area contributed by atoms with Crippen molar-refractivity contribution in [3.8, 4) is 0 Å². The molecule has 2 aliphatic rings. The van der Waals surface area contributed by atoms with Crippen molar-refractivity contribution < 1.29 is 13.7 Å². The van der Waals surface area contributed by atoms with Crippen molar-refractivity contribution in [2.24, 2.45) is 11.8 Å². The third-order valence-electron chi connectivity index (χ3n) is 5.39. The highest BCUT2D eigenvalue weighted by Crippen LogP contribution is 2.45. The number of fused-ring (bicyclic) bond motifs is 1. The summed E-state index contributed by atoms with van der Waals surface area (Å²) in [7, 11) is 0. The van der Waals surface area contributed by atoms with Crippen molar-refractivity contribution in [1.82, 2.24) is 15.0 Å². The number of benzene rings is 1. The molecule has 3 atom stereocenters. The smallest absolute Gasteiger partial charge is 0.219 e. The molecule has 132 valence electrons. The number of nitrogens with zero attached hydrogens (tertiary/aromatic N) is 3. The minimum atomic E-state index is -0.253. The number of rotatable bonds is 3. The molecule has 0 spiro atoms. The number of halogens is 1. The standard InChI is InChI=1S/C19H22FN3O2/c1-12-6-17(25-21-12)10-22-8-15-9-23(13(2)24)19(18(15)11-22)14-4-3-5-16(20)7-14/h3-7,15,18-19H,8-11H2,1-2H3/t15-,18-,19-/m1/s1. The molecular weight excluding hydrogens is 321 g/mol. The van der Waals surface area contributed by atoms with Gasteiger partial charge in [0.2, 0.25) is 5.91 Å². The third-order valence-corrected chi connectivity index (χ3v) is 5.39. The van der Waals surface area contributed by atoms with Crippen LogP contribution in [0.4, 0.5) is 4.39 Å². The number of aromatic nitrogens is 1. The highest BCUT2D eigenvalue weighted by Gasteiger charge is 2.48. The number of carbonyl (C=O) groups is 1. The van der Waals surface area contributed by atoms with Crippen LogP contribution in [0.3, 0.4) is 0 Å². The van der Waals surface area contributed by atoms with Crippen LogP contribution >= 0.6 is 0 Å². The quantitative estimate of drug-likeness (QED) is 0.860. The SMILES string of the molecule is CC(=O)N1C[C@H]2CN(Cc3cc(C)no3)C[C@H]2[C@H]1c1cccc(F)c1. The molecule has 0 N–H and O–H groups in total. The third kappa shape index (κ3) is 3.06. The molecule has 2 saturated heterocycles. The van der Waals surface area contributed by atoms with Crippen molar-refractivity contribution in [3.05, 3.63) is 53.2 Å². The Bertz CT molecular complexity index is 790. The molecule has 5 nitrogen and oxygen atoms in total. The Labute approximate surface area is 146 Å². The molecule has 2 aliphatic heterocycles. The molecule has 0 unspecified atom stereocenters. The monoisotopic (exact) mass is 343 g/mol. The number of carbonyl (C=O) groups excluding carboxylic acids is 1. The van der Waals surface area contributed by atoms with Gasteiger partial charge in [-0.2, -0.15) is 0 Å². The van der Waals surface area contributed by atoms with E-state index in [1.807, 2.05) is 24.0 Å². The zero-order valence-electron chi connectivity index (χ0n) is 14.5. The summed E-state index contributed by atoms with van der Waals surface area (Å²) in [6.45, 7) is 6.76. The molecule has 2 fully saturated rings. The lowest BCUT2D eigenvalue weighted by molar-refractivity contribution is -0.130. The van der Waals surface area contributed by atoms with E-state index in [4.69, 9.17) is 4.52 Å². The number of likely N-dealkylation sites (tertiary alicyclic amines) is 2. The molecule has 2 aromatic rings. The summed E-state index contributed by atoms with van der Waals surface area (Å²) < 4.78 is 19.1. The molecule has 3 heterocycles. The zero-order valence-corrected chi connectivity index (χ0v) is 14.5. The lowest BCUT2D eigenvalue weighted by Gasteiger charge is -2.29. The Morgan fingerprint density at radius 2 is 2.16 bits per heavy atom. The molecule has 25 heavy (non-hydrogen) atoms. The van der Waals surface area contributed by atoms with Gasteiger partial charge < -0.3 is 9.42 Å². The molecule has 1 aromatic heterocycles. The van der Waals surface area contributed by atoms with Crippen LogP contribution in [0.2, 0.25) is 0 Å². The van der Waals surface area contributed by atoms with Crippen LogP contribution in [-0.4, -0.2) is 40.5 Å². The minimum absolute atomic E-state index is 0.0559. The van der Waals surface area contributed by atoms with E-state index in [2.05, 4.69) is 10.1 Å². The second-order valence-electron chi connectivity index (χ2n) is 7.22. The summed E-state index contributed by atoms with van der Waals surface area (Å²) in [4.78, 5) is 16.4. The lowest BCUT2D eigenvalue weighted by Crippen LogP contribution is -2.34. The van der Waals surface area contributed by atoms with E-state index < -0.39 is 0 Å². The minimum Gasteiger partial charge on any atom is -0.360 e. The van der Waals surface area contributed by atoms with Crippen LogP contribution in [-0.2, 0) is 11.3 Å². The first-order chi connectivity index (χ1) is 12.0. The van der Waals surface area contributed by atoms with Crippen LogP contribution in [0.15, 0.2) is 34.9 Å². The van der Waals surface area contributed by atoms with Gasteiger partial charge in [-0.3, -0.25) is 9.69 Å². The van der Waals surface area contributed by atoms with Crippen molar-refractivity contribution in [3.63, 3.8) is 0 Å². The molecule has 4 rings (SSSR count). The van der Waals surface area contributed by atoms with E-state index in [0.29, 0.717) is 11.8 Å². The van der Waals surface area contributed by atoms with E-state index >= 15 is 0 Å². The van der Waals surface area contributed by atoms with Crippen molar-refractivity contribution in [2.75, 3.05) is 19.6 Å². The highest BCUT2D eigenvalue weighted by molar-refractivity contribution is 5.74. The molecule has 1 aromatic carbocycles. The topological polar surface area (TPSA) is 49.6 Å². The summed E-state index contributed by atoms with van der Waals surface area (Å²) in [5.74, 6) is 1.39. The summed E-state index contributed by atoms with van der Waals surface area (Å²) >= 11 is 0. The summed E-state index contributed by atoms with van der Waals surface area (Å²) in [6.07, 6.45) is 0. The van der Waals surface area contributed by atoms with Gasteiger partial charge in [-0.15, -0.1) is 0 Å². The maximum Gasteiger partial charge on any atom is 0.219 e. The van der Waals surface area contributed by atoms with Gasteiger partial charge in [-0.1, -0.05) is 17.3 Å². The number of amides is 1. The van der Waals surface area contributed by atoms with Gasteiger partial charge in [0.25, 0.3) is 0 Å². The molecule has 1 amide bonds. The molecule has 0 aliphatic carbocycles. The maximum absolute atomic E-state index is 13.7. The molecule has 6 heteroatoms. The fraction of sp³-hybridized carbons (Fsp3) is 0.474. The molecular formula is C19H22FN3O2. The molecule has 0 bridgehead atoms. The van der Waals surface area contributed by atoms with Gasteiger partial charge in [0.15, 0.2) is 5.76 Å². The van der Waals surface area contributed by atoms with Gasteiger partial charge in [-0.05, 0) is 30.5 Å². The molecule has 0 saturated carbocycles. The van der Waals surface area contributed by atoms with Crippen LogP contribution in [0.5, 0.6) is 0 Å². The lowest BCUT2D eigenvalue weighted by atomic mass is 9.89. The van der Waals surface area contributed by atoms with E-state index in [-0.39, 0.29) is 17.8 Å². The van der Waals surface area contributed by atoms with Gasteiger partial charge in [0.05, 0.1) is 18.3 Å². The first-order valence-electron chi connectivity index (χ1n) is 8.68. The number of hydrogen-bond donors (Lipinski definition) is 0. The first-order valence-corrected chi connectivity index (χ1v) is 8.68. The van der Waals surface area contributed by atoms with Gasteiger partial charge in [-0.25, -0.2) is 4.39 Å². The Hall–Kier alpha value is -2.21. The van der Waals surface area contributed by atoms with Crippen molar-refractivity contribution in [1.29, 1.82) is 0 Å². The van der Waals surface area contributed by atoms with Crippen LogP contribution in [0, 0.1) is 24.6 Å². The van der Waals surface area contributed by atoms with Crippen molar-refractivity contribution >= 4 is 5.91 Å². The van der Waals surface area contributed by atoms with E-state index in [0.717, 1.165) is 43.2 Å². The predicted molar refractivity (Wildman–Crippen MR) is 90.0 cm³/mol. The Morgan fingerprint density at radius 1 is 1.32 bits per heavy atom. The normalized spacial score (nSPS) is 26.2. The fourth-order valence-electron chi connectivity index (χ4n) is 4.42. The highest BCUT2D eigenvalue weighted by atomic mass is 19.1. The fourth-order valence-corrected chi connectivity index (χ4v) is 4.42. The molecule has 0 radical (unpaired) electrons. The Morgan fingerprint density at radius 3 is 2.84 bits per heavy atom. The zero-order chi connectivity index (χ0) is 17.6. The summed E-state index contributed by atoms with van der Waals surface area (Å²) in [5, 5.41) is 3.94. The average Bonchev–Trinajstić information content (AvgIpc) is 3.21. The van der Waals surface area contributed by atoms with Crippen LogP contribution in [0.25, 0.3) is 0 Å². The van der Waals surface area contributed by atoms with E-state index in [1.54, 1.807) is 19.1 Å². The van der Waals surface area contributed by atoms with Crippen LogP contribution in [0.1, 0.15) is 30.0 Å². The first kappa shape index (κ1) is 16.3. The van der Waals surface area contributed by atoms with Gasteiger partial charge in [0, 0.05) is 38.5 Å². The predicted octanol–water partition coefficient (Wildman–Crippen LogP) is 2.77. The van der Waals surface area contributed by atoms with Crippen molar-refractivity contribution in [2.45, 2.75) is 26.4 Å². The van der Waals surface area contributed by atoms with E-state index in [1.165, 1.54) is 6.07 Å². The Balaban J connectivity index is 1.56. The van der Waals surface area contributed by atoms with Gasteiger partial charge >= 0.3 is 0 Å². The number of aryl methyl sites for hydroxylation is 1. The average molecular weight is 343 g/mol. The number of hydrogen-bond acceptors (Lipinski definition) is 4. The second-order valence-corrected chi connectivity index (χ2v) is 7.22. The summed E-state index contributed by atoms with van der Waals surface area (Å²) in [6, 6.07) is 8.56.